The average Bonchev–Trinajstić information content (AvgIpc) is 3.25. The Balaban J connectivity index is 1.43. The van der Waals surface area contributed by atoms with Crippen LogP contribution >= 0.6 is 0 Å². The van der Waals surface area contributed by atoms with Crippen molar-refractivity contribution in [2.75, 3.05) is 28.6 Å². The van der Waals surface area contributed by atoms with Gasteiger partial charge in [0.15, 0.2) is 11.5 Å². The number of piperidine rings is 1. The predicted octanol–water partition coefficient (Wildman–Crippen LogP) is 1.80. The van der Waals surface area contributed by atoms with Crippen LogP contribution in [-0.2, 0) is 15.0 Å². The Hall–Kier alpha value is -3.69. The number of aromatic nitrogens is 4. The van der Waals surface area contributed by atoms with E-state index in [0.29, 0.717) is 24.0 Å². The lowest BCUT2D eigenvalue weighted by atomic mass is 9.86. The zero-order valence-corrected chi connectivity index (χ0v) is 17.4. The average molecular weight is 420 g/mol. The molecule has 1 aromatic carbocycles. The molecule has 2 aliphatic rings. The Morgan fingerprint density at radius 2 is 2.19 bits per heavy atom. The molecule has 10 nitrogen and oxygen atoms in total. The molecule has 2 aliphatic heterocycles. The lowest BCUT2D eigenvalue weighted by Crippen LogP contribution is -2.41. The lowest BCUT2D eigenvalue weighted by molar-refractivity contribution is -0.122. The van der Waals surface area contributed by atoms with Gasteiger partial charge < -0.3 is 21.3 Å². The highest BCUT2D eigenvalue weighted by Gasteiger charge is 2.38. The van der Waals surface area contributed by atoms with Crippen molar-refractivity contribution in [3.8, 4) is 0 Å². The van der Waals surface area contributed by atoms with Gasteiger partial charge in [0.1, 0.15) is 0 Å². The fraction of sp³-hybridized carbons (Fsp3) is 0.381. The first-order chi connectivity index (χ1) is 14.8. The lowest BCUT2D eigenvalue weighted by Gasteiger charge is -2.31. The summed E-state index contributed by atoms with van der Waals surface area (Å²) in [6, 6.07) is 5.73. The van der Waals surface area contributed by atoms with E-state index in [1.165, 1.54) is 0 Å². The second kappa shape index (κ2) is 6.93. The van der Waals surface area contributed by atoms with Gasteiger partial charge in [-0.1, -0.05) is 6.07 Å². The number of hydrogen-bond acceptors (Lipinski definition) is 7. The molecule has 0 saturated carbocycles. The van der Waals surface area contributed by atoms with Crippen molar-refractivity contribution in [3.05, 3.63) is 36.2 Å². The maximum absolute atomic E-state index is 12.2. The molecule has 160 valence electrons. The zero-order chi connectivity index (χ0) is 21.8. The van der Waals surface area contributed by atoms with Crippen LogP contribution in [-0.4, -0.2) is 44.5 Å². The van der Waals surface area contributed by atoms with E-state index in [4.69, 9.17) is 5.73 Å². The molecule has 0 radical (unpaired) electrons. The molecule has 2 amide bonds. The van der Waals surface area contributed by atoms with Gasteiger partial charge in [-0.15, -0.1) is 5.10 Å². The summed E-state index contributed by atoms with van der Waals surface area (Å²) < 4.78 is 1.66. The molecule has 1 atom stereocenters. The number of hydrogen-bond donors (Lipinski definition) is 3. The Bertz CT molecular complexity index is 1200. The highest BCUT2D eigenvalue weighted by Crippen LogP contribution is 2.39. The number of nitrogens with zero attached hydrogens (tertiary/aromatic N) is 5. The van der Waals surface area contributed by atoms with Gasteiger partial charge in [-0.25, -0.2) is 9.50 Å². The molecule has 0 bridgehead atoms. The standard InChI is InChI=1S/C21H24N8O2/c1-21(2)14-6-5-13(10-15(14)25-19(21)31)24-20-26-18-17(23-7-9-29(18)27-20)28-8-3-4-12(11-28)16(22)30/h5-7,9-10,12H,3-4,8,11H2,1-2H3,(H2,22,30)(H,24,27)(H,25,31). The number of anilines is 4. The smallest absolute Gasteiger partial charge is 0.247 e. The number of carbonyl (C=O) groups excluding carboxylic acids is 2. The van der Waals surface area contributed by atoms with Gasteiger partial charge in [-0.05, 0) is 44.4 Å². The normalized spacial score (nSPS) is 19.9. The summed E-state index contributed by atoms with van der Waals surface area (Å²) in [6.45, 7) is 5.12. The molecule has 4 heterocycles. The molecule has 1 saturated heterocycles. The van der Waals surface area contributed by atoms with Gasteiger partial charge in [-0.2, -0.15) is 4.98 Å². The summed E-state index contributed by atoms with van der Waals surface area (Å²) in [6.07, 6.45) is 5.06. The molecule has 10 heteroatoms. The van der Waals surface area contributed by atoms with Crippen LogP contribution in [0.15, 0.2) is 30.6 Å². The second-order valence-corrected chi connectivity index (χ2v) is 8.61. The molecular formula is C21H24N8O2. The SMILES string of the molecule is CC1(C)C(=O)Nc2cc(Nc3nc4c(N5CCCC(C(N)=O)C5)nccn4n3)ccc21. The van der Waals surface area contributed by atoms with Crippen molar-refractivity contribution >= 4 is 40.6 Å². The highest BCUT2D eigenvalue weighted by atomic mass is 16.2. The van der Waals surface area contributed by atoms with Crippen molar-refractivity contribution < 1.29 is 9.59 Å². The summed E-state index contributed by atoms with van der Waals surface area (Å²) in [5, 5.41) is 10.6. The van der Waals surface area contributed by atoms with Crippen LogP contribution < -0.4 is 21.3 Å². The van der Waals surface area contributed by atoms with Crippen LogP contribution in [0.1, 0.15) is 32.3 Å². The quantitative estimate of drug-likeness (QED) is 0.586. The molecule has 31 heavy (non-hydrogen) atoms. The third-order valence-electron chi connectivity index (χ3n) is 6.12. The molecule has 5 rings (SSSR count). The van der Waals surface area contributed by atoms with Crippen molar-refractivity contribution in [1.82, 2.24) is 19.6 Å². The highest BCUT2D eigenvalue weighted by molar-refractivity contribution is 6.06. The van der Waals surface area contributed by atoms with E-state index < -0.39 is 5.41 Å². The predicted molar refractivity (Wildman–Crippen MR) is 116 cm³/mol. The van der Waals surface area contributed by atoms with Crippen molar-refractivity contribution in [3.63, 3.8) is 0 Å². The summed E-state index contributed by atoms with van der Waals surface area (Å²) in [4.78, 5) is 35.0. The molecule has 1 unspecified atom stereocenters. The number of amides is 2. The number of nitrogens with one attached hydrogen (secondary N) is 2. The van der Waals surface area contributed by atoms with Crippen LogP contribution in [0, 0.1) is 5.92 Å². The van der Waals surface area contributed by atoms with Crippen LogP contribution in [0.5, 0.6) is 0 Å². The first-order valence-electron chi connectivity index (χ1n) is 10.3. The molecule has 0 spiro atoms. The van der Waals surface area contributed by atoms with Crippen LogP contribution in [0.25, 0.3) is 5.65 Å². The summed E-state index contributed by atoms with van der Waals surface area (Å²) in [7, 11) is 0. The minimum atomic E-state index is -0.549. The molecular weight excluding hydrogens is 396 g/mol. The van der Waals surface area contributed by atoms with E-state index in [-0.39, 0.29) is 17.7 Å². The van der Waals surface area contributed by atoms with Crippen LogP contribution in [0.4, 0.5) is 23.1 Å². The van der Waals surface area contributed by atoms with E-state index in [1.54, 1.807) is 16.9 Å². The van der Waals surface area contributed by atoms with E-state index in [9.17, 15) is 9.59 Å². The molecule has 0 aliphatic carbocycles. The van der Waals surface area contributed by atoms with Gasteiger partial charge in [0, 0.05) is 36.9 Å². The van der Waals surface area contributed by atoms with Gasteiger partial charge >= 0.3 is 0 Å². The molecule has 2 aromatic heterocycles. The van der Waals surface area contributed by atoms with E-state index in [2.05, 4.69) is 25.7 Å². The van der Waals surface area contributed by atoms with Gasteiger partial charge in [0.05, 0.1) is 11.3 Å². The maximum atomic E-state index is 12.2. The topological polar surface area (TPSA) is 131 Å². The van der Waals surface area contributed by atoms with E-state index in [0.717, 1.165) is 36.3 Å². The maximum Gasteiger partial charge on any atom is 0.247 e. The summed E-state index contributed by atoms with van der Waals surface area (Å²) in [5.41, 5.74) is 8.10. The first-order valence-corrected chi connectivity index (χ1v) is 10.3. The minimum absolute atomic E-state index is 0.0167. The fourth-order valence-corrected chi connectivity index (χ4v) is 4.28. The Kier molecular flexibility index (Phi) is 4.31. The summed E-state index contributed by atoms with van der Waals surface area (Å²) >= 11 is 0. The number of rotatable bonds is 4. The number of benzene rings is 1. The van der Waals surface area contributed by atoms with Gasteiger partial charge in [0.25, 0.3) is 0 Å². The van der Waals surface area contributed by atoms with Crippen LogP contribution in [0.2, 0.25) is 0 Å². The molecule has 1 fully saturated rings. The monoisotopic (exact) mass is 420 g/mol. The number of primary amides is 1. The first kappa shape index (κ1) is 19.3. The number of fused-ring (bicyclic) bond motifs is 2. The Labute approximate surface area is 178 Å². The van der Waals surface area contributed by atoms with Crippen molar-refractivity contribution in [1.29, 1.82) is 0 Å². The zero-order valence-electron chi connectivity index (χ0n) is 17.4. The molecule has 3 aromatic rings. The minimum Gasteiger partial charge on any atom is -0.369 e. The second-order valence-electron chi connectivity index (χ2n) is 8.61. The Morgan fingerprint density at radius 3 is 3.00 bits per heavy atom. The fourth-order valence-electron chi connectivity index (χ4n) is 4.28. The third-order valence-corrected chi connectivity index (χ3v) is 6.12. The van der Waals surface area contributed by atoms with Crippen molar-refractivity contribution in [2.24, 2.45) is 11.7 Å². The largest absolute Gasteiger partial charge is 0.369 e. The molecule has 4 N–H and O–H groups in total. The van der Waals surface area contributed by atoms with Gasteiger partial charge in [0.2, 0.25) is 17.8 Å². The van der Waals surface area contributed by atoms with E-state index >= 15 is 0 Å². The van der Waals surface area contributed by atoms with Crippen LogP contribution in [0.3, 0.4) is 0 Å². The third kappa shape index (κ3) is 3.24. The van der Waals surface area contributed by atoms with Crippen molar-refractivity contribution in [2.45, 2.75) is 32.1 Å². The van der Waals surface area contributed by atoms with E-state index in [1.807, 2.05) is 36.9 Å². The summed E-state index contributed by atoms with van der Waals surface area (Å²) in [5.74, 6) is 0.602. The van der Waals surface area contributed by atoms with Gasteiger partial charge in [-0.3, -0.25) is 9.59 Å². The Morgan fingerprint density at radius 1 is 1.35 bits per heavy atom. The number of carbonyl (C=O) groups is 2. The number of nitrogens with two attached hydrogens (primary N) is 1.